The predicted octanol–water partition coefficient (Wildman–Crippen LogP) is 2.88. The highest BCUT2D eigenvalue weighted by atomic mass is 35.5. The summed E-state index contributed by atoms with van der Waals surface area (Å²) in [4.78, 5) is 2.60. The first kappa shape index (κ1) is 19.4. The van der Waals surface area contributed by atoms with Crippen molar-refractivity contribution in [3.8, 4) is 11.5 Å². The number of halogens is 2. The molecule has 2 aliphatic rings. The first-order valence-corrected chi connectivity index (χ1v) is 7.62. The molecule has 1 unspecified atom stereocenters. The lowest BCUT2D eigenvalue weighted by Crippen LogP contribution is -2.46. The number of para-hydroxylation sites is 1. The molecule has 22 heavy (non-hydrogen) atoms. The number of methoxy groups -OCH3 is 1. The number of ether oxygens (including phenoxy) is 2. The van der Waals surface area contributed by atoms with Crippen molar-refractivity contribution < 1.29 is 9.47 Å². The fourth-order valence-electron chi connectivity index (χ4n) is 3.21. The van der Waals surface area contributed by atoms with Crippen LogP contribution in [0.4, 0.5) is 0 Å². The molecule has 1 atom stereocenters. The summed E-state index contributed by atoms with van der Waals surface area (Å²) < 4.78 is 11.4. The van der Waals surface area contributed by atoms with E-state index in [1.807, 2.05) is 6.07 Å². The molecule has 1 aromatic rings. The Morgan fingerprint density at radius 2 is 2.14 bits per heavy atom. The normalized spacial score (nSPS) is 22.0. The number of benzene rings is 1. The summed E-state index contributed by atoms with van der Waals surface area (Å²) in [6.45, 7) is 5.11. The van der Waals surface area contributed by atoms with Crippen LogP contribution in [-0.4, -0.2) is 44.3 Å². The third-order valence-electron chi connectivity index (χ3n) is 4.28. The maximum atomic E-state index is 5.92. The van der Waals surface area contributed by atoms with Gasteiger partial charge in [0.2, 0.25) is 0 Å². The largest absolute Gasteiger partial charge is 0.493 e. The van der Waals surface area contributed by atoms with E-state index in [4.69, 9.17) is 9.47 Å². The topological polar surface area (TPSA) is 33.7 Å². The Balaban J connectivity index is 0.00000121. The van der Waals surface area contributed by atoms with Gasteiger partial charge in [-0.05, 0) is 31.9 Å². The third-order valence-corrected chi connectivity index (χ3v) is 4.28. The van der Waals surface area contributed by atoms with Crippen molar-refractivity contribution in [2.24, 2.45) is 0 Å². The van der Waals surface area contributed by atoms with E-state index in [2.05, 4.69) is 22.3 Å². The Hall–Kier alpha value is -0.680. The Morgan fingerprint density at radius 1 is 1.27 bits per heavy atom. The van der Waals surface area contributed by atoms with Crippen LogP contribution in [0.1, 0.15) is 24.8 Å². The molecule has 2 heterocycles. The van der Waals surface area contributed by atoms with Gasteiger partial charge in [0, 0.05) is 31.2 Å². The maximum absolute atomic E-state index is 5.92. The zero-order chi connectivity index (χ0) is 13.8. The van der Waals surface area contributed by atoms with Gasteiger partial charge < -0.3 is 14.8 Å². The van der Waals surface area contributed by atoms with Crippen LogP contribution < -0.4 is 14.8 Å². The van der Waals surface area contributed by atoms with E-state index in [0.29, 0.717) is 6.04 Å². The minimum atomic E-state index is 0. The standard InChI is InChI=1S/C16H24N2O2.2ClH/c1-19-15-7-2-5-13-12-18(9-4-10-20-16(13)15)14-6-3-8-17-11-14;;/h2,5,7,14,17H,3-4,6,8-12H2,1H3;2*1H. The zero-order valence-corrected chi connectivity index (χ0v) is 14.7. The Kier molecular flexibility index (Phi) is 8.33. The van der Waals surface area contributed by atoms with E-state index in [1.54, 1.807) is 7.11 Å². The number of rotatable bonds is 2. The second-order valence-electron chi connectivity index (χ2n) is 5.62. The summed E-state index contributed by atoms with van der Waals surface area (Å²) in [7, 11) is 1.71. The Labute approximate surface area is 145 Å². The molecule has 3 rings (SSSR count). The molecule has 0 radical (unpaired) electrons. The second-order valence-corrected chi connectivity index (χ2v) is 5.62. The molecule has 0 aliphatic carbocycles. The van der Waals surface area contributed by atoms with Crippen molar-refractivity contribution in [1.29, 1.82) is 0 Å². The van der Waals surface area contributed by atoms with Crippen molar-refractivity contribution in [2.75, 3.05) is 33.4 Å². The van der Waals surface area contributed by atoms with E-state index >= 15 is 0 Å². The zero-order valence-electron chi connectivity index (χ0n) is 13.0. The summed E-state index contributed by atoms with van der Waals surface area (Å²) in [5.41, 5.74) is 1.25. The molecular formula is C16H26Cl2N2O2. The lowest BCUT2D eigenvalue weighted by atomic mass is 10.0. The predicted molar refractivity (Wildman–Crippen MR) is 93.9 cm³/mol. The van der Waals surface area contributed by atoms with Crippen LogP contribution in [0.2, 0.25) is 0 Å². The molecule has 1 aromatic carbocycles. The van der Waals surface area contributed by atoms with Gasteiger partial charge in [-0.3, -0.25) is 4.90 Å². The molecule has 1 saturated heterocycles. The van der Waals surface area contributed by atoms with Crippen LogP contribution in [0.3, 0.4) is 0 Å². The van der Waals surface area contributed by atoms with Crippen molar-refractivity contribution in [3.63, 3.8) is 0 Å². The first-order valence-electron chi connectivity index (χ1n) is 7.62. The SMILES string of the molecule is COc1cccc2c1OCCCN(C1CCCNC1)C2.Cl.Cl. The van der Waals surface area contributed by atoms with Gasteiger partial charge in [0.05, 0.1) is 13.7 Å². The van der Waals surface area contributed by atoms with Gasteiger partial charge in [-0.2, -0.15) is 0 Å². The number of nitrogens with one attached hydrogen (secondary N) is 1. The van der Waals surface area contributed by atoms with E-state index < -0.39 is 0 Å². The number of nitrogens with zero attached hydrogens (tertiary/aromatic N) is 1. The molecular weight excluding hydrogens is 323 g/mol. The summed E-state index contributed by atoms with van der Waals surface area (Å²) in [6, 6.07) is 6.85. The van der Waals surface area contributed by atoms with E-state index in [9.17, 15) is 0 Å². The Morgan fingerprint density at radius 3 is 2.86 bits per heavy atom. The highest BCUT2D eigenvalue weighted by molar-refractivity contribution is 5.85. The van der Waals surface area contributed by atoms with Crippen molar-refractivity contribution >= 4 is 24.8 Å². The van der Waals surface area contributed by atoms with Crippen molar-refractivity contribution in [1.82, 2.24) is 10.2 Å². The van der Waals surface area contributed by atoms with Gasteiger partial charge in [-0.15, -0.1) is 24.8 Å². The molecule has 0 amide bonds. The van der Waals surface area contributed by atoms with Crippen LogP contribution in [0.15, 0.2) is 18.2 Å². The van der Waals surface area contributed by atoms with Crippen molar-refractivity contribution in [3.05, 3.63) is 23.8 Å². The number of fused-ring (bicyclic) bond motifs is 1. The lowest BCUT2D eigenvalue weighted by molar-refractivity contribution is 0.133. The third kappa shape index (κ3) is 4.42. The second kappa shape index (κ2) is 9.46. The van der Waals surface area contributed by atoms with Gasteiger partial charge >= 0.3 is 0 Å². The van der Waals surface area contributed by atoms with Crippen LogP contribution in [-0.2, 0) is 6.54 Å². The van der Waals surface area contributed by atoms with Crippen molar-refractivity contribution in [2.45, 2.75) is 31.8 Å². The fourth-order valence-corrected chi connectivity index (χ4v) is 3.21. The molecule has 1 fully saturated rings. The summed E-state index contributed by atoms with van der Waals surface area (Å²) in [6.07, 6.45) is 3.66. The van der Waals surface area contributed by atoms with E-state index in [1.165, 1.54) is 18.4 Å². The average Bonchev–Trinajstić information content (AvgIpc) is 2.48. The molecule has 4 nitrogen and oxygen atoms in total. The van der Waals surface area contributed by atoms with Crippen LogP contribution in [0.5, 0.6) is 11.5 Å². The number of hydrogen-bond acceptors (Lipinski definition) is 4. The lowest BCUT2D eigenvalue weighted by Gasteiger charge is -2.36. The highest BCUT2D eigenvalue weighted by Gasteiger charge is 2.24. The van der Waals surface area contributed by atoms with E-state index in [0.717, 1.165) is 50.7 Å². The molecule has 0 spiro atoms. The molecule has 6 heteroatoms. The molecule has 2 aliphatic heterocycles. The van der Waals surface area contributed by atoms with Gasteiger partial charge in [0.25, 0.3) is 0 Å². The fraction of sp³-hybridized carbons (Fsp3) is 0.625. The number of hydrogen-bond donors (Lipinski definition) is 1. The molecule has 126 valence electrons. The highest BCUT2D eigenvalue weighted by Crippen LogP contribution is 2.33. The average molecular weight is 349 g/mol. The molecule has 1 N–H and O–H groups in total. The Bertz CT molecular complexity index is 454. The van der Waals surface area contributed by atoms with Crippen LogP contribution >= 0.6 is 24.8 Å². The molecule has 0 saturated carbocycles. The van der Waals surface area contributed by atoms with Crippen LogP contribution in [0.25, 0.3) is 0 Å². The van der Waals surface area contributed by atoms with E-state index in [-0.39, 0.29) is 24.8 Å². The smallest absolute Gasteiger partial charge is 0.165 e. The maximum Gasteiger partial charge on any atom is 0.165 e. The van der Waals surface area contributed by atoms with Gasteiger partial charge in [-0.25, -0.2) is 0 Å². The quantitative estimate of drug-likeness (QED) is 0.890. The van der Waals surface area contributed by atoms with Gasteiger partial charge in [-0.1, -0.05) is 12.1 Å². The minimum absolute atomic E-state index is 0. The van der Waals surface area contributed by atoms with Gasteiger partial charge in [0.15, 0.2) is 11.5 Å². The summed E-state index contributed by atoms with van der Waals surface area (Å²) in [5.74, 6) is 1.79. The molecule has 0 bridgehead atoms. The summed E-state index contributed by atoms with van der Waals surface area (Å²) >= 11 is 0. The molecule has 0 aromatic heterocycles. The summed E-state index contributed by atoms with van der Waals surface area (Å²) in [5, 5.41) is 3.52. The first-order chi connectivity index (χ1) is 9.88. The van der Waals surface area contributed by atoms with Crippen LogP contribution in [0, 0.1) is 0 Å². The number of piperidine rings is 1. The minimum Gasteiger partial charge on any atom is -0.493 e. The van der Waals surface area contributed by atoms with Gasteiger partial charge in [0.1, 0.15) is 0 Å². The monoisotopic (exact) mass is 348 g/mol.